The van der Waals surface area contributed by atoms with Crippen LogP contribution in [0.5, 0.6) is 5.75 Å². The number of hydrogen-bond donors (Lipinski definition) is 3. The van der Waals surface area contributed by atoms with Crippen LogP contribution in [0, 0.1) is 5.82 Å². The van der Waals surface area contributed by atoms with Crippen LogP contribution >= 0.6 is 11.6 Å². The minimum atomic E-state index is -0.541. The lowest BCUT2D eigenvalue weighted by atomic mass is 10.0. The van der Waals surface area contributed by atoms with Gasteiger partial charge in [-0.3, -0.25) is 10.2 Å². The third kappa shape index (κ3) is 2.33. The molecular formula is C14H12ClFN4O2. The summed E-state index contributed by atoms with van der Waals surface area (Å²) in [5.41, 5.74) is 3.65. The SMILES string of the molecule is C[C@@H]1C/C(=N\Nc2cn[nH]c(=O)c2Cl)c2c(O)ccc(F)c21. The number of benzene rings is 1. The number of phenols is 1. The number of nitrogens with zero attached hydrogens (tertiary/aromatic N) is 2. The van der Waals surface area contributed by atoms with E-state index in [-0.39, 0.29) is 28.2 Å². The normalized spacial score (nSPS) is 18.5. The number of rotatable bonds is 2. The predicted octanol–water partition coefficient (Wildman–Crippen LogP) is 2.59. The van der Waals surface area contributed by atoms with Crippen molar-refractivity contribution in [2.45, 2.75) is 19.3 Å². The molecule has 1 atom stereocenters. The summed E-state index contributed by atoms with van der Waals surface area (Å²) in [6, 6.07) is 2.53. The average molecular weight is 323 g/mol. The largest absolute Gasteiger partial charge is 0.507 e. The molecule has 1 heterocycles. The standard InChI is InChI=1S/C14H12ClFN4O2/c1-6-4-8(12-10(21)3-2-7(16)11(6)12)18-19-9-5-17-20-14(22)13(9)15/h2-3,5-6,21H,4H2,1H3,(H2,19,20,22)/b18-8+/t6-/m1/s1. The fourth-order valence-corrected chi connectivity index (χ4v) is 2.69. The van der Waals surface area contributed by atoms with Gasteiger partial charge in [0.05, 0.1) is 11.9 Å². The highest BCUT2D eigenvalue weighted by Crippen LogP contribution is 2.39. The number of hydrazone groups is 1. The van der Waals surface area contributed by atoms with Crippen LogP contribution in [0.2, 0.25) is 5.02 Å². The van der Waals surface area contributed by atoms with E-state index in [9.17, 15) is 14.3 Å². The van der Waals surface area contributed by atoms with Gasteiger partial charge in [-0.1, -0.05) is 18.5 Å². The Balaban J connectivity index is 2.00. The number of aromatic nitrogens is 2. The Morgan fingerprint density at radius 2 is 2.32 bits per heavy atom. The van der Waals surface area contributed by atoms with Gasteiger partial charge in [0.2, 0.25) is 0 Å². The molecule has 0 aliphatic heterocycles. The molecule has 0 fully saturated rings. The molecule has 0 radical (unpaired) electrons. The first-order valence-corrected chi connectivity index (χ1v) is 6.94. The summed E-state index contributed by atoms with van der Waals surface area (Å²) in [4.78, 5) is 11.4. The number of phenolic OH excluding ortho intramolecular Hbond substituents is 1. The van der Waals surface area contributed by atoms with Crippen molar-refractivity contribution in [3.8, 4) is 5.75 Å². The van der Waals surface area contributed by atoms with Crippen LogP contribution in [-0.2, 0) is 0 Å². The highest BCUT2D eigenvalue weighted by Gasteiger charge is 2.30. The van der Waals surface area contributed by atoms with Crippen molar-refractivity contribution in [2.75, 3.05) is 5.43 Å². The van der Waals surface area contributed by atoms with Crippen LogP contribution in [0.25, 0.3) is 0 Å². The number of aromatic hydroxyl groups is 1. The van der Waals surface area contributed by atoms with E-state index in [4.69, 9.17) is 11.6 Å². The molecule has 1 aromatic heterocycles. The van der Waals surface area contributed by atoms with Gasteiger partial charge in [-0.2, -0.15) is 10.2 Å². The molecule has 0 unspecified atom stereocenters. The highest BCUT2D eigenvalue weighted by atomic mass is 35.5. The van der Waals surface area contributed by atoms with Crippen molar-refractivity contribution < 1.29 is 9.50 Å². The van der Waals surface area contributed by atoms with E-state index in [0.29, 0.717) is 23.3 Å². The Hall–Kier alpha value is -2.41. The first kappa shape index (κ1) is 14.5. The fraction of sp³-hybridized carbons (Fsp3) is 0.214. The summed E-state index contributed by atoms with van der Waals surface area (Å²) in [7, 11) is 0. The smallest absolute Gasteiger partial charge is 0.285 e. The monoisotopic (exact) mass is 322 g/mol. The minimum Gasteiger partial charge on any atom is -0.507 e. The molecule has 1 aliphatic carbocycles. The number of H-pyrrole nitrogens is 1. The van der Waals surface area contributed by atoms with Crippen LogP contribution < -0.4 is 11.0 Å². The van der Waals surface area contributed by atoms with Gasteiger partial charge in [0, 0.05) is 11.1 Å². The zero-order chi connectivity index (χ0) is 15.9. The molecule has 1 aliphatic rings. The number of aromatic amines is 1. The molecular weight excluding hydrogens is 311 g/mol. The highest BCUT2D eigenvalue weighted by molar-refractivity contribution is 6.32. The Morgan fingerprint density at radius 1 is 1.55 bits per heavy atom. The van der Waals surface area contributed by atoms with Gasteiger partial charge in [-0.25, -0.2) is 9.49 Å². The van der Waals surface area contributed by atoms with E-state index < -0.39 is 5.56 Å². The van der Waals surface area contributed by atoms with Gasteiger partial charge in [-0.05, 0) is 24.5 Å². The Kier molecular flexibility index (Phi) is 3.58. The topological polar surface area (TPSA) is 90.4 Å². The van der Waals surface area contributed by atoms with E-state index in [1.807, 2.05) is 6.92 Å². The second-order valence-electron chi connectivity index (χ2n) is 5.06. The molecule has 114 valence electrons. The van der Waals surface area contributed by atoms with Crippen LogP contribution in [0.4, 0.5) is 10.1 Å². The maximum atomic E-state index is 13.9. The molecule has 8 heteroatoms. The Bertz CT molecular complexity index is 834. The van der Waals surface area contributed by atoms with E-state index in [1.165, 1.54) is 18.3 Å². The third-order valence-electron chi connectivity index (χ3n) is 3.56. The van der Waals surface area contributed by atoms with Crippen molar-refractivity contribution in [1.82, 2.24) is 10.2 Å². The predicted molar refractivity (Wildman–Crippen MR) is 81.1 cm³/mol. The molecule has 0 spiro atoms. The second kappa shape index (κ2) is 5.42. The van der Waals surface area contributed by atoms with Crippen molar-refractivity contribution >= 4 is 23.0 Å². The van der Waals surface area contributed by atoms with Gasteiger partial charge in [0.1, 0.15) is 22.3 Å². The zero-order valence-corrected chi connectivity index (χ0v) is 12.3. The number of nitrogens with one attached hydrogen (secondary N) is 2. The summed E-state index contributed by atoms with van der Waals surface area (Å²) in [6.07, 6.45) is 1.78. The molecule has 22 heavy (non-hydrogen) atoms. The van der Waals surface area contributed by atoms with Crippen LogP contribution in [0.1, 0.15) is 30.4 Å². The van der Waals surface area contributed by atoms with Crippen molar-refractivity contribution in [3.63, 3.8) is 0 Å². The van der Waals surface area contributed by atoms with E-state index >= 15 is 0 Å². The van der Waals surface area contributed by atoms with Crippen LogP contribution in [0.3, 0.4) is 0 Å². The minimum absolute atomic E-state index is 0.0311. The van der Waals surface area contributed by atoms with E-state index in [0.717, 1.165) is 0 Å². The molecule has 3 N–H and O–H groups in total. The Morgan fingerprint density at radius 3 is 3.09 bits per heavy atom. The summed E-state index contributed by atoms with van der Waals surface area (Å²) in [6.45, 7) is 1.85. The molecule has 0 amide bonds. The molecule has 0 saturated carbocycles. The molecule has 2 aromatic rings. The molecule has 0 bridgehead atoms. The first-order valence-electron chi connectivity index (χ1n) is 6.56. The van der Waals surface area contributed by atoms with Gasteiger partial charge < -0.3 is 5.11 Å². The third-order valence-corrected chi connectivity index (χ3v) is 3.93. The lowest BCUT2D eigenvalue weighted by molar-refractivity contribution is 0.470. The fourth-order valence-electron chi connectivity index (χ4n) is 2.55. The maximum Gasteiger partial charge on any atom is 0.285 e. The average Bonchev–Trinajstić information content (AvgIpc) is 2.83. The van der Waals surface area contributed by atoms with Gasteiger partial charge >= 0.3 is 0 Å². The van der Waals surface area contributed by atoms with E-state index in [1.54, 1.807) is 0 Å². The second-order valence-corrected chi connectivity index (χ2v) is 5.44. The summed E-state index contributed by atoms with van der Waals surface area (Å²) >= 11 is 5.84. The lowest BCUT2D eigenvalue weighted by Gasteiger charge is -2.07. The molecule has 6 nitrogen and oxygen atoms in total. The number of hydrogen-bond acceptors (Lipinski definition) is 5. The quantitative estimate of drug-likeness (QED) is 0.741. The summed E-state index contributed by atoms with van der Waals surface area (Å²) in [5, 5.41) is 19.9. The van der Waals surface area contributed by atoms with Gasteiger partial charge in [-0.15, -0.1) is 0 Å². The molecule has 0 saturated heterocycles. The molecule has 1 aromatic carbocycles. The maximum absolute atomic E-state index is 13.9. The van der Waals surface area contributed by atoms with Gasteiger partial charge in [0.25, 0.3) is 5.56 Å². The van der Waals surface area contributed by atoms with E-state index in [2.05, 4.69) is 20.7 Å². The summed E-state index contributed by atoms with van der Waals surface area (Å²) < 4.78 is 13.9. The Labute approximate surface area is 129 Å². The number of halogens is 2. The zero-order valence-electron chi connectivity index (χ0n) is 11.5. The van der Waals surface area contributed by atoms with Crippen molar-refractivity contribution in [2.24, 2.45) is 5.10 Å². The summed E-state index contributed by atoms with van der Waals surface area (Å²) in [5.74, 6) is -0.506. The number of fused-ring (bicyclic) bond motifs is 1. The number of anilines is 1. The van der Waals surface area contributed by atoms with Gasteiger partial charge in [0.15, 0.2) is 0 Å². The van der Waals surface area contributed by atoms with Crippen LogP contribution in [-0.4, -0.2) is 21.0 Å². The first-order chi connectivity index (χ1) is 10.5. The lowest BCUT2D eigenvalue weighted by Crippen LogP contribution is -2.11. The molecule has 3 rings (SSSR count). The van der Waals surface area contributed by atoms with Crippen LogP contribution in [0.15, 0.2) is 28.2 Å². The van der Waals surface area contributed by atoms with Crippen molar-refractivity contribution in [3.05, 3.63) is 50.7 Å². The van der Waals surface area contributed by atoms with Crippen molar-refractivity contribution in [1.29, 1.82) is 0 Å².